The van der Waals surface area contributed by atoms with Gasteiger partial charge in [-0.15, -0.1) is 0 Å². The Balaban J connectivity index is 3.14. The zero-order valence-electron chi connectivity index (χ0n) is 11.5. The second kappa shape index (κ2) is 7.38. The van der Waals surface area contributed by atoms with Gasteiger partial charge in [0.15, 0.2) is 17.6 Å². The van der Waals surface area contributed by atoms with E-state index >= 15 is 0 Å². The van der Waals surface area contributed by atoms with Crippen molar-refractivity contribution in [3.05, 3.63) is 23.8 Å². The van der Waals surface area contributed by atoms with Crippen molar-refractivity contribution in [2.75, 3.05) is 13.2 Å². The summed E-state index contributed by atoms with van der Waals surface area (Å²) in [4.78, 5) is 0. The monoisotopic (exact) mass is 292 g/mol. The average molecular weight is 292 g/mol. The predicted octanol–water partition coefficient (Wildman–Crippen LogP) is 3.86. The number of aliphatic hydroxyl groups excluding tert-OH is 1. The van der Waals surface area contributed by atoms with Gasteiger partial charge in [-0.1, -0.05) is 26.0 Å². The van der Waals surface area contributed by atoms with Crippen LogP contribution >= 0.6 is 0 Å². The minimum atomic E-state index is -4.74. The van der Waals surface area contributed by atoms with Gasteiger partial charge in [0.2, 0.25) is 0 Å². The molecule has 0 aliphatic heterocycles. The third-order valence-corrected chi connectivity index (χ3v) is 2.53. The number of benzene rings is 1. The topological polar surface area (TPSA) is 38.7 Å². The summed E-state index contributed by atoms with van der Waals surface area (Å²) < 4.78 is 48.8. The van der Waals surface area contributed by atoms with Crippen molar-refractivity contribution in [2.24, 2.45) is 0 Å². The van der Waals surface area contributed by atoms with E-state index in [1.54, 1.807) is 0 Å². The molecule has 0 saturated heterocycles. The van der Waals surface area contributed by atoms with E-state index in [0.717, 1.165) is 6.42 Å². The van der Waals surface area contributed by atoms with Crippen LogP contribution in [0.1, 0.15) is 38.4 Å². The Morgan fingerprint density at radius 1 is 1.10 bits per heavy atom. The highest BCUT2D eigenvalue weighted by Crippen LogP contribution is 2.41. The largest absolute Gasteiger partial charge is 0.490 e. The molecule has 0 spiro atoms. The van der Waals surface area contributed by atoms with Crippen molar-refractivity contribution in [3.8, 4) is 11.5 Å². The lowest BCUT2D eigenvalue weighted by Crippen LogP contribution is -2.21. The summed E-state index contributed by atoms with van der Waals surface area (Å²) in [5.41, 5.74) is -0.320. The Labute approximate surface area is 116 Å². The number of hydrogen-bond acceptors (Lipinski definition) is 3. The Morgan fingerprint density at radius 2 is 1.70 bits per heavy atom. The van der Waals surface area contributed by atoms with Crippen LogP contribution in [0.4, 0.5) is 13.2 Å². The van der Waals surface area contributed by atoms with Crippen LogP contribution in [0.25, 0.3) is 0 Å². The molecular formula is C14H19F3O3. The molecule has 1 N–H and O–H groups in total. The molecule has 20 heavy (non-hydrogen) atoms. The molecule has 1 rings (SSSR count). The fourth-order valence-corrected chi connectivity index (χ4v) is 1.61. The summed E-state index contributed by atoms with van der Waals surface area (Å²) in [7, 11) is 0. The molecule has 6 heteroatoms. The quantitative estimate of drug-likeness (QED) is 0.829. The van der Waals surface area contributed by atoms with Crippen LogP contribution in [0.3, 0.4) is 0 Å². The minimum absolute atomic E-state index is 0.0346. The molecule has 0 aliphatic rings. The second-order valence-electron chi connectivity index (χ2n) is 4.32. The lowest BCUT2D eigenvalue weighted by Gasteiger charge is -2.20. The van der Waals surface area contributed by atoms with Crippen molar-refractivity contribution < 1.29 is 27.8 Å². The molecule has 0 amide bonds. The molecule has 3 nitrogen and oxygen atoms in total. The van der Waals surface area contributed by atoms with Gasteiger partial charge in [-0.2, -0.15) is 13.2 Å². The molecule has 0 radical (unpaired) electrons. The summed E-state index contributed by atoms with van der Waals surface area (Å²) in [6.07, 6.45) is -5.96. The van der Waals surface area contributed by atoms with Gasteiger partial charge < -0.3 is 14.6 Å². The lowest BCUT2D eigenvalue weighted by atomic mass is 10.1. The van der Waals surface area contributed by atoms with E-state index in [0.29, 0.717) is 13.0 Å². The van der Waals surface area contributed by atoms with Crippen LogP contribution in [-0.2, 0) is 0 Å². The smallest absolute Gasteiger partial charge is 0.418 e. The van der Waals surface area contributed by atoms with Crippen LogP contribution in [0.15, 0.2) is 18.2 Å². The molecule has 0 saturated carbocycles. The van der Waals surface area contributed by atoms with Gasteiger partial charge in [0.05, 0.1) is 13.2 Å². The van der Waals surface area contributed by atoms with E-state index in [1.165, 1.54) is 18.2 Å². The van der Waals surface area contributed by atoms with E-state index in [-0.39, 0.29) is 23.7 Å². The van der Waals surface area contributed by atoms with Crippen molar-refractivity contribution >= 4 is 0 Å². The van der Waals surface area contributed by atoms with Gasteiger partial charge in [0, 0.05) is 5.56 Å². The highest BCUT2D eigenvalue weighted by Gasteiger charge is 2.41. The molecule has 1 atom stereocenters. The summed E-state index contributed by atoms with van der Waals surface area (Å²) in [6.45, 7) is 4.36. The predicted molar refractivity (Wildman–Crippen MR) is 69.0 cm³/mol. The molecule has 0 heterocycles. The molecule has 0 aromatic heterocycles. The summed E-state index contributed by atoms with van der Waals surface area (Å²) in [6, 6.07) is 4.14. The van der Waals surface area contributed by atoms with Gasteiger partial charge in [-0.25, -0.2) is 0 Å². The van der Waals surface area contributed by atoms with E-state index < -0.39 is 12.3 Å². The SMILES string of the molecule is CCCOc1cccc(C(O)C(F)(F)F)c1OCCC. The Bertz CT molecular complexity index is 419. The fraction of sp³-hybridized carbons (Fsp3) is 0.571. The maximum Gasteiger partial charge on any atom is 0.418 e. The van der Waals surface area contributed by atoms with Gasteiger partial charge in [-0.3, -0.25) is 0 Å². The second-order valence-corrected chi connectivity index (χ2v) is 4.32. The first kappa shape index (κ1) is 16.6. The Kier molecular flexibility index (Phi) is 6.13. The van der Waals surface area contributed by atoms with Gasteiger partial charge in [0.25, 0.3) is 0 Å². The first-order valence-corrected chi connectivity index (χ1v) is 6.55. The normalized spacial score (nSPS) is 13.1. The Morgan fingerprint density at radius 3 is 2.25 bits per heavy atom. The fourth-order valence-electron chi connectivity index (χ4n) is 1.61. The van der Waals surface area contributed by atoms with E-state index in [9.17, 15) is 18.3 Å². The van der Waals surface area contributed by atoms with Crippen LogP contribution in [0, 0.1) is 0 Å². The molecule has 114 valence electrons. The summed E-state index contributed by atoms with van der Waals surface area (Å²) >= 11 is 0. The van der Waals surface area contributed by atoms with Crippen molar-refractivity contribution in [3.63, 3.8) is 0 Å². The number of rotatable bonds is 7. The standard InChI is InChI=1S/C14H19F3O3/c1-3-8-19-11-7-5-6-10(12(11)20-9-4-2)13(18)14(15,16)17/h5-7,13,18H,3-4,8-9H2,1-2H3. The number of halogens is 3. The Hall–Kier alpha value is -1.43. The number of aliphatic hydroxyl groups is 1. The van der Waals surface area contributed by atoms with Crippen LogP contribution < -0.4 is 9.47 Å². The molecule has 0 aliphatic carbocycles. The zero-order valence-corrected chi connectivity index (χ0v) is 11.5. The molecule has 0 fully saturated rings. The van der Waals surface area contributed by atoms with E-state index in [4.69, 9.17) is 9.47 Å². The molecular weight excluding hydrogens is 273 g/mol. The first-order valence-electron chi connectivity index (χ1n) is 6.55. The van der Waals surface area contributed by atoms with Crippen molar-refractivity contribution in [1.29, 1.82) is 0 Å². The summed E-state index contributed by atoms with van der Waals surface area (Å²) in [5.74, 6) is 0.189. The summed E-state index contributed by atoms with van der Waals surface area (Å²) in [5, 5.41) is 9.43. The third-order valence-electron chi connectivity index (χ3n) is 2.53. The van der Waals surface area contributed by atoms with Crippen LogP contribution in [0.5, 0.6) is 11.5 Å². The highest BCUT2D eigenvalue weighted by molar-refractivity contribution is 5.48. The maximum absolute atomic E-state index is 12.7. The zero-order chi connectivity index (χ0) is 15.2. The van der Waals surface area contributed by atoms with Crippen LogP contribution in [-0.4, -0.2) is 24.5 Å². The molecule has 1 aromatic rings. The number of alkyl halides is 3. The van der Waals surface area contributed by atoms with Gasteiger partial charge >= 0.3 is 6.18 Å². The maximum atomic E-state index is 12.7. The van der Waals surface area contributed by atoms with Crippen molar-refractivity contribution in [1.82, 2.24) is 0 Å². The number of hydrogen-bond donors (Lipinski definition) is 1. The van der Waals surface area contributed by atoms with Crippen molar-refractivity contribution in [2.45, 2.75) is 39.0 Å². The third kappa shape index (κ3) is 4.30. The van der Waals surface area contributed by atoms with Gasteiger partial charge in [-0.05, 0) is 18.9 Å². The highest BCUT2D eigenvalue weighted by atomic mass is 19.4. The van der Waals surface area contributed by atoms with E-state index in [2.05, 4.69) is 0 Å². The average Bonchev–Trinajstić information content (AvgIpc) is 2.41. The molecule has 1 unspecified atom stereocenters. The van der Waals surface area contributed by atoms with Gasteiger partial charge in [0.1, 0.15) is 0 Å². The lowest BCUT2D eigenvalue weighted by molar-refractivity contribution is -0.207. The number of para-hydroxylation sites is 1. The van der Waals surface area contributed by atoms with Crippen LogP contribution in [0.2, 0.25) is 0 Å². The van der Waals surface area contributed by atoms with E-state index in [1.807, 2.05) is 13.8 Å². The first-order chi connectivity index (χ1) is 9.41. The molecule has 1 aromatic carbocycles. The minimum Gasteiger partial charge on any atom is -0.490 e. The number of ether oxygens (including phenoxy) is 2. The molecule has 0 bridgehead atoms.